The molecule has 5 rings (SSSR count). The summed E-state index contributed by atoms with van der Waals surface area (Å²) in [4.78, 5) is 12.3. The molecular formula is C26H26F2N4O2. The van der Waals surface area contributed by atoms with Crippen molar-refractivity contribution >= 4 is 16.9 Å². The molecular weight excluding hydrogens is 438 g/mol. The molecule has 4 aromatic rings. The lowest BCUT2D eigenvalue weighted by atomic mass is 10.00. The molecule has 0 radical (unpaired) electrons. The summed E-state index contributed by atoms with van der Waals surface area (Å²) in [6.07, 6.45) is 2.19. The minimum Gasteiger partial charge on any atom is -0.466 e. The Bertz CT molecular complexity index is 1360. The predicted molar refractivity (Wildman–Crippen MR) is 124 cm³/mol. The molecule has 0 amide bonds. The molecule has 1 aliphatic rings. The second-order valence-corrected chi connectivity index (χ2v) is 8.72. The molecule has 1 aliphatic heterocycles. The second kappa shape index (κ2) is 9.00. The van der Waals surface area contributed by atoms with Gasteiger partial charge in [-0.3, -0.25) is 4.79 Å². The first-order chi connectivity index (χ1) is 16.5. The van der Waals surface area contributed by atoms with Crippen LogP contribution in [0.25, 0.3) is 10.9 Å². The van der Waals surface area contributed by atoms with Gasteiger partial charge >= 0.3 is 5.97 Å². The lowest BCUT2D eigenvalue weighted by Gasteiger charge is -2.27. The highest BCUT2D eigenvalue weighted by atomic mass is 19.1. The van der Waals surface area contributed by atoms with Crippen LogP contribution in [0.4, 0.5) is 8.78 Å². The largest absolute Gasteiger partial charge is 0.466 e. The number of carbonyl (C=O) groups is 1. The summed E-state index contributed by atoms with van der Waals surface area (Å²) >= 11 is 0. The van der Waals surface area contributed by atoms with Gasteiger partial charge in [0.05, 0.1) is 36.0 Å². The molecule has 0 aliphatic carbocycles. The molecule has 1 unspecified atom stereocenters. The van der Waals surface area contributed by atoms with Crippen molar-refractivity contribution in [1.82, 2.24) is 19.6 Å². The average Bonchev–Trinajstić information content (AvgIpc) is 3.34. The maximum absolute atomic E-state index is 15.0. The van der Waals surface area contributed by atoms with Gasteiger partial charge in [0.1, 0.15) is 11.6 Å². The summed E-state index contributed by atoms with van der Waals surface area (Å²) in [6.45, 7) is 4.61. The van der Waals surface area contributed by atoms with Crippen LogP contribution in [0.5, 0.6) is 0 Å². The van der Waals surface area contributed by atoms with Gasteiger partial charge in [-0.2, -0.15) is 0 Å². The van der Waals surface area contributed by atoms with E-state index in [-0.39, 0.29) is 30.1 Å². The number of para-hydroxylation sites is 1. The quantitative estimate of drug-likeness (QED) is 0.388. The van der Waals surface area contributed by atoms with E-state index in [1.807, 2.05) is 22.2 Å². The third-order valence-corrected chi connectivity index (χ3v) is 6.64. The lowest BCUT2D eigenvalue weighted by Crippen LogP contribution is -2.25. The standard InChI is InChI=1S/C26H26F2N4O2/c1-3-34-25(33)14-21-20-5-4-6-22(28)26(20)31-15-19(11-12-24(21)31)32-16(2)23(29-30-32)13-17-7-9-18(27)10-8-17/h4-10,19H,3,11-15H2,1-2H3. The summed E-state index contributed by atoms with van der Waals surface area (Å²) in [7, 11) is 0. The predicted octanol–water partition coefficient (Wildman–Crippen LogP) is 4.70. The Labute approximate surface area is 196 Å². The first-order valence-electron chi connectivity index (χ1n) is 11.6. The molecule has 1 atom stereocenters. The zero-order valence-corrected chi connectivity index (χ0v) is 19.2. The SMILES string of the molecule is CCOC(=O)Cc1c2n(c3c(F)cccc13)CC(n1nnc(Cc3ccc(F)cc3)c1C)CC2. The van der Waals surface area contributed by atoms with E-state index in [1.165, 1.54) is 18.2 Å². The molecule has 8 heteroatoms. The second-order valence-electron chi connectivity index (χ2n) is 8.72. The normalized spacial score (nSPS) is 15.5. The third-order valence-electron chi connectivity index (χ3n) is 6.64. The summed E-state index contributed by atoms with van der Waals surface area (Å²) in [5.74, 6) is -0.876. The maximum Gasteiger partial charge on any atom is 0.310 e. The molecule has 0 saturated heterocycles. The van der Waals surface area contributed by atoms with E-state index in [1.54, 1.807) is 25.1 Å². The number of aromatic nitrogens is 4. The van der Waals surface area contributed by atoms with Crippen LogP contribution in [0.15, 0.2) is 42.5 Å². The van der Waals surface area contributed by atoms with E-state index < -0.39 is 0 Å². The van der Waals surface area contributed by atoms with Crippen molar-refractivity contribution in [2.24, 2.45) is 0 Å². The Morgan fingerprint density at radius 3 is 2.74 bits per heavy atom. The highest BCUT2D eigenvalue weighted by Crippen LogP contribution is 2.36. The first-order valence-corrected chi connectivity index (χ1v) is 11.6. The molecule has 2 aromatic heterocycles. The third kappa shape index (κ3) is 3.97. The molecule has 6 nitrogen and oxygen atoms in total. The van der Waals surface area contributed by atoms with Crippen molar-refractivity contribution in [2.75, 3.05) is 6.61 Å². The Morgan fingerprint density at radius 1 is 1.18 bits per heavy atom. The molecule has 3 heterocycles. The van der Waals surface area contributed by atoms with Crippen LogP contribution in [0.1, 0.15) is 47.6 Å². The van der Waals surface area contributed by atoms with E-state index in [2.05, 4.69) is 10.3 Å². The highest BCUT2D eigenvalue weighted by molar-refractivity contribution is 5.90. The van der Waals surface area contributed by atoms with Crippen molar-refractivity contribution in [3.63, 3.8) is 0 Å². The van der Waals surface area contributed by atoms with Gasteiger partial charge in [0.25, 0.3) is 0 Å². The number of rotatable bonds is 6. The van der Waals surface area contributed by atoms with E-state index in [0.717, 1.165) is 40.0 Å². The van der Waals surface area contributed by atoms with Crippen molar-refractivity contribution in [3.8, 4) is 0 Å². The summed E-state index contributed by atoms with van der Waals surface area (Å²) in [5.41, 5.74) is 5.09. The van der Waals surface area contributed by atoms with Gasteiger partial charge in [0, 0.05) is 24.0 Å². The molecule has 0 N–H and O–H groups in total. The number of hydrogen-bond donors (Lipinski definition) is 0. The van der Waals surface area contributed by atoms with Gasteiger partial charge in [0.2, 0.25) is 0 Å². The minimum absolute atomic E-state index is 0.00705. The van der Waals surface area contributed by atoms with Crippen LogP contribution >= 0.6 is 0 Å². The molecule has 0 saturated carbocycles. The Hall–Kier alpha value is -3.55. The Morgan fingerprint density at radius 2 is 1.97 bits per heavy atom. The van der Waals surface area contributed by atoms with Crippen molar-refractivity contribution in [3.05, 3.63) is 82.3 Å². The smallest absolute Gasteiger partial charge is 0.310 e. The number of esters is 1. The zero-order chi connectivity index (χ0) is 23.8. The van der Waals surface area contributed by atoms with Gasteiger partial charge in [-0.25, -0.2) is 13.5 Å². The van der Waals surface area contributed by atoms with E-state index in [0.29, 0.717) is 31.5 Å². The molecule has 34 heavy (non-hydrogen) atoms. The number of carbonyl (C=O) groups excluding carboxylic acids is 1. The molecule has 176 valence electrons. The van der Waals surface area contributed by atoms with Gasteiger partial charge in [-0.1, -0.05) is 29.5 Å². The molecule has 0 spiro atoms. The molecule has 0 fully saturated rings. The fourth-order valence-electron chi connectivity index (χ4n) is 5.01. The summed E-state index contributed by atoms with van der Waals surface area (Å²) < 4.78 is 37.3. The maximum atomic E-state index is 15.0. The van der Waals surface area contributed by atoms with Crippen molar-refractivity contribution in [2.45, 2.75) is 52.1 Å². The Kier molecular flexibility index (Phi) is 5.89. The van der Waals surface area contributed by atoms with Crippen LogP contribution in [0.3, 0.4) is 0 Å². The zero-order valence-electron chi connectivity index (χ0n) is 19.2. The lowest BCUT2D eigenvalue weighted by molar-refractivity contribution is -0.142. The summed E-state index contributed by atoms with van der Waals surface area (Å²) in [6, 6.07) is 11.4. The fraction of sp³-hybridized carbons (Fsp3) is 0.346. The monoisotopic (exact) mass is 464 g/mol. The van der Waals surface area contributed by atoms with Crippen LogP contribution in [0.2, 0.25) is 0 Å². The van der Waals surface area contributed by atoms with Crippen LogP contribution < -0.4 is 0 Å². The van der Waals surface area contributed by atoms with Crippen LogP contribution in [-0.2, 0) is 35.3 Å². The van der Waals surface area contributed by atoms with E-state index in [9.17, 15) is 13.6 Å². The van der Waals surface area contributed by atoms with Gasteiger partial charge < -0.3 is 9.30 Å². The number of halogens is 2. The van der Waals surface area contributed by atoms with Gasteiger partial charge in [-0.05, 0) is 56.0 Å². The van der Waals surface area contributed by atoms with E-state index in [4.69, 9.17) is 4.74 Å². The summed E-state index contributed by atoms with van der Waals surface area (Å²) in [5, 5.41) is 9.56. The molecule has 0 bridgehead atoms. The first kappa shape index (κ1) is 22.3. The van der Waals surface area contributed by atoms with Crippen molar-refractivity contribution in [1.29, 1.82) is 0 Å². The minimum atomic E-state index is -0.304. The topological polar surface area (TPSA) is 61.9 Å². The number of ether oxygens (including phenoxy) is 1. The number of benzene rings is 2. The van der Waals surface area contributed by atoms with Gasteiger partial charge in [-0.15, -0.1) is 5.10 Å². The molecule has 2 aromatic carbocycles. The van der Waals surface area contributed by atoms with Gasteiger partial charge in [0.15, 0.2) is 0 Å². The van der Waals surface area contributed by atoms with Crippen LogP contribution in [0, 0.1) is 18.6 Å². The average molecular weight is 465 g/mol. The van der Waals surface area contributed by atoms with E-state index >= 15 is 0 Å². The number of hydrogen-bond acceptors (Lipinski definition) is 4. The van der Waals surface area contributed by atoms with Crippen molar-refractivity contribution < 1.29 is 18.3 Å². The number of fused-ring (bicyclic) bond motifs is 3. The number of nitrogens with zero attached hydrogens (tertiary/aromatic N) is 4. The van der Waals surface area contributed by atoms with Crippen LogP contribution in [-0.4, -0.2) is 32.1 Å². The fourth-order valence-corrected chi connectivity index (χ4v) is 5.01. The Balaban J connectivity index is 1.46. The highest BCUT2D eigenvalue weighted by Gasteiger charge is 2.29.